The summed E-state index contributed by atoms with van der Waals surface area (Å²) < 4.78 is 19.1. The second kappa shape index (κ2) is 10.6. The van der Waals surface area contributed by atoms with Crippen LogP contribution in [-0.2, 0) is 9.53 Å². The Kier molecular flexibility index (Phi) is 7.89. The van der Waals surface area contributed by atoms with Gasteiger partial charge >= 0.3 is 0 Å². The van der Waals surface area contributed by atoms with Crippen molar-refractivity contribution in [1.82, 2.24) is 10.2 Å². The predicted molar refractivity (Wildman–Crippen MR) is 111 cm³/mol. The maximum Gasteiger partial charge on any atom is 0.220 e. The maximum atomic E-state index is 13.7. The lowest BCUT2D eigenvalue weighted by atomic mass is 10.0. The summed E-state index contributed by atoms with van der Waals surface area (Å²) in [6, 6.07) is 15.3. The van der Waals surface area contributed by atoms with Gasteiger partial charge in [0.2, 0.25) is 5.91 Å². The van der Waals surface area contributed by atoms with E-state index in [0.717, 1.165) is 26.3 Å². The van der Waals surface area contributed by atoms with Gasteiger partial charge in [0.1, 0.15) is 5.82 Å². The van der Waals surface area contributed by atoms with Gasteiger partial charge in [-0.25, -0.2) is 4.39 Å². The molecule has 0 spiro atoms. The first kappa shape index (κ1) is 20.8. The van der Waals surface area contributed by atoms with Crippen LogP contribution in [0.5, 0.6) is 0 Å². The van der Waals surface area contributed by atoms with E-state index in [1.807, 2.05) is 0 Å². The van der Waals surface area contributed by atoms with E-state index in [2.05, 4.69) is 41.4 Å². The summed E-state index contributed by atoms with van der Waals surface area (Å²) >= 11 is 1.37. The highest BCUT2D eigenvalue weighted by Crippen LogP contribution is 2.23. The first-order valence-corrected chi connectivity index (χ1v) is 10.6. The Morgan fingerprint density at radius 3 is 2.61 bits per heavy atom. The number of carbonyl (C=O) groups is 1. The molecule has 1 heterocycles. The zero-order valence-corrected chi connectivity index (χ0v) is 17.0. The summed E-state index contributed by atoms with van der Waals surface area (Å²) in [5.41, 5.74) is 2.42. The summed E-state index contributed by atoms with van der Waals surface area (Å²) in [6.07, 6.45) is 0.364. The van der Waals surface area contributed by atoms with E-state index in [1.54, 1.807) is 18.2 Å². The van der Waals surface area contributed by atoms with Crippen LogP contribution in [0.2, 0.25) is 0 Å². The van der Waals surface area contributed by atoms with Crippen LogP contribution in [0.15, 0.2) is 53.4 Å². The molecule has 1 unspecified atom stereocenters. The quantitative estimate of drug-likeness (QED) is 0.682. The van der Waals surface area contributed by atoms with E-state index in [1.165, 1.54) is 29.0 Å². The van der Waals surface area contributed by atoms with Crippen LogP contribution in [0.3, 0.4) is 0 Å². The molecule has 0 aromatic heterocycles. The molecule has 4 nitrogen and oxygen atoms in total. The molecule has 1 atom stereocenters. The SMILES string of the molecule is Cc1ccc(C(CNC(=O)CCSc2ccccc2F)N2CCOCC2)cc1. The highest BCUT2D eigenvalue weighted by Gasteiger charge is 2.23. The lowest BCUT2D eigenvalue weighted by Crippen LogP contribution is -2.43. The Balaban J connectivity index is 1.53. The standard InChI is InChI=1S/C22H27FN2O2S/c1-17-6-8-18(9-7-17)20(25-11-13-27-14-12-25)16-24-22(26)10-15-28-21-5-3-2-4-19(21)23/h2-9,20H,10-16H2,1H3,(H,24,26). The van der Waals surface area contributed by atoms with Crippen molar-refractivity contribution in [3.05, 3.63) is 65.5 Å². The van der Waals surface area contributed by atoms with E-state index in [-0.39, 0.29) is 17.8 Å². The smallest absolute Gasteiger partial charge is 0.220 e. The molecule has 0 bridgehead atoms. The second-order valence-corrected chi connectivity index (χ2v) is 8.04. The second-order valence-electron chi connectivity index (χ2n) is 6.91. The number of ether oxygens (including phenoxy) is 1. The van der Waals surface area contributed by atoms with Crippen molar-refractivity contribution in [3.8, 4) is 0 Å². The third-order valence-corrected chi connectivity index (χ3v) is 5.91. The summed E-state index contributed by atoms with van der Waals surface area (Å²) in [4.78, 5) is 15.3. The van der Waals surface area contributed by atoms with Crippen molar-refractivity contribution < 1.29 is 13.9 Å². The molecule has 28 heavy (non-hydrogen) atoms. The number of carbonyl (C=O) groups excluding carboxylic acids is 1. The van der Waals surface area contributed by atoms with E-state index < -0.39 is 0 Å². The molecule has 1 amide bonds. The maximum absolute atomic E-state index is 13.7. The number of nitrogens with one attached hydrogen (secondary N) is 1. The summed E-state index contributed by atoms with van der Waals surface area (Å²) in [6.45, 7) is 5.79. The molecule has 1 aliphatic rings. The molecule has 2 aromatic carbocycles. The topological polar surface area (TPSA) is 41.6 Å². The van der Waals surface area contributed by atoms with Crippen molar-refractivity contribution in [1.29, 1.82) is 0 Å². The van der Waals surface area contributed by atoms with Crippen LogP contribution < -0.4 is 5.32 Å². The number of hydrogen-bond donors (Lipinski definition) is 1. The van der Waals surface area contributed by atoms with Crippen LogP contribution in [0.1, 0.15) is 23.6 Å². The number of thioether (sulfide) groups is 1. The molecule has 1 saturated heterocycles. The fraction of sp³-hybridized carbons (Fsp3) is 0.409. The van der Waals surface area contributed by atoms with Gasteiger partial charge in [-0.05, 0) is 24.6 Å². The highest BCUT2D eigenvalue weighted by atomic mass is 32.2. The van der Waals surface area contributed by atoms with Crippen molar-refractivity contribution >= 4 is 17.7 Å². The minimum Gasteiger partial charge on any atom is -0.379 e. The minimum atomic E-state index is -0.236. The van der Waals surface area contributed by atoms with Gasteiger partial charge < -0.3 is 10.1 Å². The first-order chi connectivity index (χ1) is 13.6. The van der Waals surface area contributed by atoms with Gasteiger partial charge in [-0.1, -0.05) is 42.0 Å². The average molecular weight is 403 g/mol. The number of morpholine rings is 1. The lowest BCUT2D eigenvalue weighted by Gasteiger charge is -2.35. The van der Waals surface area contributed by atoms with Crippen molar-refractivity contribution in [2.75, 3.05) is 38.6 Å². The molecular formula is C22H27FN2O2S. The number of aryl methyl sites for hydroxylation is 1. The fourth-order valence-corrected chi connectivity index (χ4v) is 4.14. The van der Waals surface area contributed by atoms with E-state index >= 15 is 0 Å². The Labute approximate surface area is 170 Å². The highest BCUT2D eigenvalue weighted by molar-refractivity contribution is 7.99. The van der Waals surface area contributed by atoms with Crippen molar-refractivity contribution in [2.45, 2.75) is 24.3 Å². The third kappa shape index (κ3) is 6.06. The Morgan fingerprint density at radius 1 is 1.18 bits per heavy atom. The average Bonchev–Trinajstić information content (AvgIpc) is 2.72. The van der Waals surface area contributed by atoms with Gasteiger partial charge in [0.15, 0.2) is 0 Å². The van der Waals surface area contributed by atoms with Gasteiger partial charge in [0.05, 0.1) is 19.3 Å². The molecule has 1 fully saturated rings. The molecule has 150 valence electrons. The molecule has 3 rings (SSSR count). The molecule has 0 radical (unpaired) electrons. The number of halogens is 1. The van der Waals surface area contributed by atoms with E-state index in [0.29, 0.717) is 23.6 Å². The normalized spacial score (nSPS) is 15.9. The molecule has 2 aromatic rings. The Hall–Kier alpha value is -1.89. The van der Waals surface area contributed by atoms with Crippen molar-refractivity contribution in [3.63, 3.8) is 0 Å². The number of hydrogen-bond acceptors (Lipinski definition) is 4. The first-order valence-electron chi connectivity index (χ1n) is 9.66. The molecule has 1 aliphatic heterocycles. The molecule has 0 aliphatic carbocycles. The largest absolute Gasteiger partial charge is 0.379 e. The number of nitrogens with zero attached hydrogens (tertiary/aromatic N) is 1. The van der Waals surface area contributed by atoms with Crippen LogP contribution in [0.25, 0.3) is 0 Å². The molecule has 6 heteroatoms. The predicted octanol–water partition coefficient (Wildman–Crippen LogP) is 3.81. The number of amides is 1. The summed E-state index contributed by atoms with van der Waals surface area (Å²) in [5, 5.41) is 3.07. The van der Waals surface area contributed by atoms with Crippen LogP contribution in [0.4, 0.5) is 4.39 Å². The summed E-state index contributed by atoms with van der Waals surface area (Å²) in [7, 11) is 0. The van der Waals surface area contributed by atoms with Gasteiger partial charge in [0, 0.05) is 36.7 Å². The number of rotatable bonds is 8. The third-order valence-electron chi connectivity index (χ3n) is 4.86. The van der Waals surface area contributed by atoms with Crippen LogP contribution in [-0.4, -0.2) is 49.4 Å². The monoisotopic (exact) mass is 402 g/mol. The molecule has 1 N–H and O–H groups in total. The van der Waals surface area contributed by atoms with Gasteiger partial charge in [-0.2, -0.15) is 0 Å². The van der Waals surface area contributed by atoms with Crippen LogP contribution in [0, 0.1) is 12.7 Å². The Morgan fingerprint density at radius 2 is 1.89 bits per heavy atom. The lowest BCUT2D eigenvalue weighted by molar-refractivity contribution is -0.121. The van der Waals surface area contributed by atoms with Crippen LogP contribution >= 0.6 is 11.8 Å². The van der Waals surface area contributed by atoms with Crippen molar-refractivity contribution in [2.24, 2.45) is 0 Å². The molecular weight excluding hydrogens is 375 g/mol. The van der Waals surface area contributed by atoms with E-state index in [4.69, 9.17) is 4.74 Å². The summed E-state index contributed by atoms with van der Waals surface area (Å²) in [5.74, 6) is 0.313. The Bertz CT molecular complexity index is 763. The van der Waals surface area contributed by atoms with Gasteiger partial charge in [-0.15, -0.1) is 11.8 Å². The fourth-order valence-electron chi connectivity index (χ4n) is 3.25. The van der Waals surface area contributed by atoms with E-state index in [9.17, 15) is 9.18 Å². The van der Waals surface area contributed by atoms with Gasteiger partial charge in [-0.3, -0.25) is 9.69 Å². The zero-order chi connectivity index (χ0) is 19.8. The molecule has 0 saturated carbocycles. The zero-order valence-electron chi connectivity index (χ0n) is 16.2. The number of benzene rings is 2. The van der Waals surface area contributed by atoms with Gasteiger partial charge in [0.25, 0.3) is 0 Å². The minimum absolute atomic E-state index is 0.00536.